The highest BCUT2D eigenvalue weighted by Gasteiger charge is 2.39. The molecule has 1 heterocycles. The zero-order valence-corrected chi connectivity index (χ0v) is 12.9. The maximum absolute atomic E-state index is 13.1. The number of nitrogens with zero attached hydrogens (tertiary/aromatic N) is 1. The summed E-state index contributed by atoms with van der Waals surface area (Å²) in [6.45, 7) is 0. The summed E-state index contributed by atoms with van der Waals surface area (Å²) >= 11 is 17.2. The lowest BCUT2D eigenvalue weighted by Gasteiger charge is -2.16. The van der Waals surface area contributed by atoms with Gasteiger partial charge in [-0.05, 0) is 24.3 Å². The molecule has 2 rings (SSSR count). The Kier molecular flexibility index (Phi) is 4.76. The fraction of sp³-hybridized carbons (Fsp3) is 0.154. The third-order valence-corrected chi connectivity index (χ3v) is 3.79. The van der Waals surface area contributed by atoms with Crippen LogP contribution in [0, 0.1) is 0 Å². The maximum atomic E-state index is 13.1. The highest BCUT2D eigenvalue weighted by Crippen LogP contribution is 2.42. The third-order valence-electron chi connectivity index (χ3n) is 2.76. The summed E-state index contributed by atoms with van der Waals surface area (Å²) in [5.74, 6) is 0. The minimum Gasteiger partial charge on any atom is -0.243 e. The number of hydrogen-bond acceptors (Lipinski definition) is 1. The molecule has 0 spiro atoms. The second-order valence-corrected chi connectivity index (χ2v) is 5.56. The molecule has 23 heavy (non-hydrogen) atoms. The largest absolute Gasteiger partial charge is 0.433 e. The van der Waals surface area contributed by atoms with Crippen LogP contribution in [0.15, 0.2) is 24.3 Å². The first kappa shape index (κ1) is 18.2. The topological polar surface area (TPSA) is 12.9 Å². The van der Waals surface area contributed by atoms with Crippen molar-refractivity contribution in [2.75, 3.05) is 0 Å². The Morgan fingerprint density at radius 2 is 1.30 bits per heavy atom. The molecule has 0 unspecified atom stereocenters. The van der Waals surface area contributed by atoms with Gasteiger partial charge in [-0.15, -0.1) is 0 Å². The van der Waals surface area contributed by atoms with Gasteiger partial charge in [0, 0.05) is 5.56 Å². The van der Waals surface area contributed by atoms with Gasteiger partial charge in [0.2, 0.25) is 0 Å². The van der Waals surface area contributed by atoms with Crippen molar-refractivity contribution in [3.63, 3.8) is 0 Å². The standard InChI is InChI=1S/C13H4Cl3F6N/c14-7-4-9(16)8(15)3-5(7)11-6(12(17,18)19)1-2-10(23-11)13(20,21)22/h1-4H. The number of aromatic nitrogens is 1. The van der Waals surface area contributed by atoms with Gasteiger partial charge in [-0.2, -0.15) is 26.3 Å². The van der Waals surface area contributed by atoms with Crippen LogP contribution in [0.25, 0.3) is 11.3 Å². The predicted octanol–water partition coefficient (Wildman–Crippen LogP) is 6.75. The van der Waals surface area contributed by atoms with Crippen LogP contribution in [-0.2, 0) is 12.4 Å². The molecular weight excluding hydrogens is 390 g/mol. The van der Waals surface area contributed by atoms with Crippen molar-refractivity contribution in [3.05, 3.63) is 50.6 Å². The number of hydrogen-bond donors (Lipinski definition) is 0. The molecule has 0 saturated heterocycles. The number of benzene rings is 1. The van der Waals surface area contributed by atoms with E-state index in [1.54, 1.807) is 0 Å². The maximum Gasteiger partial charge on any atom is 0.433 e. The van der Waals surface area contributed by atoms with Crippen molar-refractivity contribution < 1.29 is 26.3 Å². The van der Waals surface area contributed by atoms with Crippen LogP contribution in [0.3, 0.4) is 0 Å². The Labute approximate surface area is 140 Å². The Hall–Kier alpha value is -1.18. The smallest absolute Gasteiger partial charge is 0.243 e. The van der Waals surface area contributed by atoms with E-state index in [-0.39, 0.29) is 21.1 Å². The summed E-state index contributed by atoms with van der Waals surface area (Å²) in [5, 5.41) is -0.531. The average Bonchev–Trinajstić information content (AvgIpc) is 2.40. The van der Waals surface area contributed by atoms with E-state index in [1.165, 1.54) is 0 Å². The molecule has 0 radical (unpaired) electrons. The molecule has 1 aromatic heterocycles. The second kappa shape index (κ2) is 6.03. The van der Waals surface area contributed by atoms with Crippen LogP contribution >= 0.6 is 34.8 Å². The molecular formula is C13H4Cl3F6N. The average molecular weight is 395 g/mol. The van der Waals surface area contributed by atoms with Gasteiger partial charge in [0.1, 0.15) is 5.69 Å². The van der Waals surface area contributed by atoms with Crippen LogP contribution in [0.1, 0.15) is 11.3 Å². The van der Waals surface area contributed by atoms with Crippen LogP contribution in [0.5, 0.6) is 0 Å². The van der Waals surface area contributed by atoms with Gasteiger partial charge >= 0.3 is 12.4 Å². The van der Waals surface area contributed by atoms with E-state index in [9.17, 15) is 26.3 Å². The molecule has 0 aliphatic heterocycles. The lowest BCUT2D eigenvalue weighted by molar-refractivity contribution is -0.144. The lowest BCUT2D eigenvalue weighted by atomic mass is 10.0. The monoisotopic (exact) mass is 393 g/mol. The van der Waals surface area contributed by atoms with E-state index in [1.807, 2.05) is 0 Å². The highest BCUT2D eigenvalue weighted by atomic mass is 35.5. The quantitative estimate of drug-likeness (QED) is 0.385. The van der Waals surface area contributed by atoms with Gasteiger partial charge in [0.05, 0.1) is 26.3 Å². The fourth-order valence-electron chi connectivity index (χ4n) is 1.76. The molecule has 10 heteroatoms. The first-order chi connectivity index (χ1) is 10.4. The summed E-state index contributed by atoms with van der Waals surface area (Å²) in [4.78, 5) is 3.08. The van der Waals surface area contributed by atoms with E-state index in [2.05, 4.69) is 4.98 Å². The molecule has 0 saturated carbocycles. The number of alkyl halides is 6. The molecule has 0 amide bonds. The molecule has 0 N–H and O–H groups in total. The summed E-state index contributed by atoms with van der Waals surface area (Å²) in [6.07, 6.45) is -9.84. The molecule has 0 aliphatic rings. The summed E-state index contributed by atoms with van der Waals surface area (Å²) in [6, 6.07) is 2.51. The van der Waals surface area contributed by atoms with Crippen LogP contribution in [0.4, 0.5) is 26.3 Å². The van der Waals surface area contributed by atoms with Crippen molar-refractivity contribution in [1.82, 2.24) is 4.98 Å². The van der Waals surface area contributed by atoms with Crippen molar-refractivity contribution in [2.24, 2.45) is 0 Å². The fourth-order valence-corrected chi connectivity index (χ4v) is 2.39. The summed E-state index contributed by atoms with van der Waals surface area (Å²) in [5.41, 5.74) is -4.23. The van der Waals surface area contributed by atoms with Crippen LogP contribution in [0.2, 0.25) is 15.1 Å². The minimum absolute atomic E-state index is 0.0547. The molecule has 1 aromatic carbocycles. The predicted molar refractivity (Wildman–Crippen MR) is 74.7 cm³/mol. The van der Waals surface area contributed by atoms with Crippen molar-refractivity contribution >= 4 is 34.8 Å². The van der Waals surface area contributed by atoms with E-state index in [0.29, 0.717) is 6.07 Å². The molecule has 0 bridgehead atoms. The third kappa shape index (κ3) is 3.84. The molecule has 2 aromatic rings. The number of rotatable bonds is 1. The van der Waals surface area contributed by atoms with E-state index in [4.69, 9.17) is 34.8 Å². The van der Waals surface area contributed by atoms with Gasteiger partial charge in [-0.1, -0.05) is 34.8 Å². The van der Waals surface area contributed by atoms with Crippen LogP contribution in [-0.4, -0.2) is 4.98 Å². The van der Waals surface area contributed by atoms with Crippen molar-refractivity contribution in [2.45, 2.75) is 12.4 Å². The Bertz CT molecular complexity index is 755. The Morgan fingerprint density at radius 1 is 0.739 bits per heavy atom. The van der Waals surface area contributed by atoms with Gasteiger partial charge in [-0.3, -0.25) is 0 Å². The van der Waals surface area contributed by atoms with E-state index >= 15 is 0 Å². The SMILES string of the molecule is FC(F)(F)c1ccc(C(F)(F)F)c(-c2cc(Cl)c(Cl)cc2Cl)n1. The first-order valence-electron chi connectivity index (χ1n) is 5.71. The molecule has 0 fully saturated rings. The van der Waals surface area contributed by atoms with Gasteiger partial charge in [0.25, 0.3) is 0 Å². The summed E-state index contributed by atoms with van der Waals surface area (Å²) in [7, 11) is 0. The number of halogens is 9. The Morgan fingerprint density at radius 3 is 1.83 bits per heavy atom. The first-order valence-corrected chi connectivity index (χ1v) is 6.85. The van der Waals surface area contributed by atoms with E-state index < -0.39 is 34.9 Å². The highest BCUT2D eigenvalue weighted by molar-refractivity contribution is 6.44. The second-order valence-electron chi connectivity index (χ2n) is 4.33. The molecule has 0 atom stereocenters. The van der Waals surface area contributed by atoms with Gasteiger partial charge < -0.3 is 0 Å². The normalized spacial score (nSPS) is 12.6. The van der Waals surface area contributed by atoms with Crippen LogP contribution < -0.4 is 0 Å². The molecule has 0 aliphatic carbocycles. The van der Waals surface area contributed by atoms with Gasteiger partial charge in [-0.25, -0.2) is 4.98 Å². The number of pyridine rings is 1. The van der Waals surface area contributed by atoms with Gasteiger partial charge in [0.15, 0.2) is 0 Å². The molecule has 124 valence electrons. The lowest BCUT2D eigenvalue weighted by Crippen LogP contribution is -2.14. The zero-order valence-electron chi connectivity index (χ0n) is 10.7. The van der Waals surface area contributed by atoms with Crippen molar-refractivity contribution in [3.8, 4) is 11.3 Å². The molecule has 1 nitrogen and oxygen atoms in total. The zero-order chi connectivity index (χ0) is 17.6. The van der Waals surface area contributed by atoms with Crippen molar-refractivity contribution in [1.29, 1.82) is 0 Å². The minimum atomic E-state index is -4.93. The van der Waals surface area contributed by atoms with E-state index in [0.717, 1.165) is 12.1 Å². The Balaban J connectivity index is 2.80. The summed E-state index contributed by atoms with van der Waals surface area (Å²) < 4.78 is 77.3.